The fourth-order valence-corrected chi connectivity index (χ4v) is 5.00. The van der Waals surface area contributed by atoms with Crippen LogP contribution in [0.3, 0.4) is 0 Å². The fourth-order valence-electron chi connectivity index (χ4n) is 2.99. The van der Waals surface area contributed by atoms with Crippen LogP contribution in [0.5, 0.6) is 5.75 Å². The van der Waals surface area contributed by atoms with Crippen molar-refractivity contribution in [3.8, 4) is 5.75 Å². The third kappa shape index (κ3) is 4.44. The highest BCUT2D eigenvalue weighted by molar-refractivity contribution is 9.10. The second kappa shape index (κ2) is 8.87. The van der Waals surface area contributed by atoms with E-state index in [9.17, 15) is 13.4 Å². The largest absolute Gasteiger partial charge is 0.476 e. The lowest BCUT2D eigenvalue weighted by molar-refractivity contribution is -0.134. The van der Waals surface area contributed by atoms with Gasteiger partial charge in [0.1, 0.15) is 12.0 Å². The fraction of sp³-hybridized carbons (Fsp3) is 0.250. The van der Waals surface area contributed by atoms with E-state index in [1.165, 1.54) is 0 Å². The number of benzene rings is 2. The van der Waals surface area contributed by atoms with Gasteiger partial charge < -0.3 is 14.7 Å². The molecule has 8 heteroatoms. The van der Waals surface area contributed by atoms with Gasteiger partial charge in [0.05, 0.1) is 25.9 Å². The van der Waals surface area contributed by atoms with Crippen LogP contribution in [0.1, 0.15) is 13.3 Å². The van der Waals surface area contributed by atoms with Crippen molar-refractivity contribution in [1.82, 2.24) is 0 Å². The van der Waals surface area contributed by atoms with Crippen molar-refractivity contribution in [3.63, 3.8) is 0 Å². The molecule has 5 nitrogen and oxygen atoms in total. The lowest BCUT2D eigenvalue weighted by Crippen LogP contribution is -2.25. The standard InChI is InChI=1S/C20H19BrFNO4S/c1-2-13-10-23(14-6-4-3-5-7-14)17-8-15(21)18(9-19(17)28(26)12-13)27-11-16(22)20(24)25/h3-9,11,13H,2,10,12H2,1H3,(H,24,25)/b16-11-/t13-,28?/m0/s1. The molecular formula is C20H19BrFNO4S. The summed E-state index contributed by atoms with van der Waals surface area (Å²) in [5.74, 6) is -2.18. The Morgan fingerprint density at radius 1 is 1.39 bits per heavy atom. The van der Waals surface area contributed by atoms with E-state index in [4.69, 9.17) is 9.84 Å². The molecule has 3 rings (SSSR count). The lowest BCUT2D eigenvalue weighted by Gasteiger charge is -2.27. The van der Waals surface area contributed by atoms with E-state index in [2.05, 4.69) is 27.8 Å². The number of carboxylic acid groups (broad SMARTS) is 1. The molecule has 2 aromatic rings. The topological polar surface area (TPSA) is 66.8 Å². The summed E-state index contributed by atoms with van der Waals surface area (Å²) in [7, 11) is -1.27. The summed E-state index contributed by atoms with van der Waals surface area (Å²) in [4.78, 5) is 13.3. The summed E-state index contributed by atoms with van der Waals surface area (Å²) in [6, 6.07) is 13.2. The Labute approximate surface area is 173 Å². The van der Waals surface area contributed by atoms with Gasteiger partial charge >= 0.3 is 5.97 Å². The molecular weight excluding hydrogens is 449 g/mol. The number of nitrogens with zero attached hydrogens (tertiary/aromatic N) is 1. The van der Waals surface area contributed by atoms with Gasteiger partial charge in [-0.25, -0.2) is 4.79 Å². The third-order valence-electron chi connectivity index (χ3n) is 4.52. The molecule has 1 N–H and O–H groups in total. The van der Waals surface area contributed by atoms with Gasteiger partial charge in [-0.15, -0.1) is 0 Å². The van der Waals surface area contributed by atoms with Crippen LogP contribution in [0.25, 0.3) is 0 Å². The molecule has 0 spiro atoms. The zero-order chi connectivity index (χ0) is 20.3. The summed E-state index contributed by atoms with van der Waals surface area (Å²) >= 11 is 3.39. The normalized spacial score (nSPS) is 19.7. The predicted octanol–water partition coefficient (Wildman–Crippen LogP) is 5.01. The van der Waals surface area contributed by atoms with Crippen molar-refractivity contribution in [2.45, 2.75) is 18.2 Å². The van der Waals surface area contributed by atoms with Gasteiger partial charge in [-0.3, -0.25) is 4.21 Å². The SMILES string of the molecule is CC[C@H]1CN(c2ccccc2)c2cc(Br)c(O/C=C(\F)C(=O)O)cc2S(=O)C1. The summed E-state index contributed by atoms with van der Waals surface area (Å²) in [6.45, 7) is 2.80. The first-order chi connectivity index (χ1) is 13.4. The average molecular weight is 468 g/mol. The molecule has 0 amide bonds. The maximum absolute atomic E-state index is 13.3. The molecule has 1 unspecified atom stereocenters. The van der Waals surface area contributed by atoms with Gasteiger partial charge in [0.25, 0.3) is 0 Å². The van der Waals surface area contributed by atoms with E-state index in [1.54, 1.807) is 12.1 Å². The smallest absolute Gasteiger partial charge is 0.368 e. The molecule has 1 aliphatic rings. The minimum atomic E-state index is -1.71. The van der Waals surface area contributed by atoms with Crippen LogP contribution < -0.4 is 9.64 Å². The Hall–Kier alpha value is -2.19. The summed E-state index contributed by atoms with van der Waals surface area (Å²) < 4.78 is 31.9. The van der Waals surface area contributed by atoms with Crippen LogP contribution in [0.4, 0.5) is 15.8 Å². The zero-order valence-electron chi connectivity index (χ0n) is 15.1. The second-order valence-corrected chi connectivity index (χ2v) is 8.69. The number of carboxylic acids is 1. The van der Waals surface area contributed by atoms with Crippen LogP contribution >= 0.6 is 15.9 Å². The average Bonchev–Trinajstić information content (AvgIpc) is 2.82. The number of hydrogen-bond acceptors (Lipinski definition) is 4. The van der Waals surface area contributed by atoms with E-state index >= 15 is 0 Å². The van der Waals surface area contributed by atoms with Crippen LogP contribution in [-0.4, -0.2) is 27.6 Å². The van der Waals surface area contributed by atoms with Gasteiger partial charge in [-0.2, -0.15) is 4.39 Å². The minimum Gasteiger partial charge on any atom is -0.476 e. The molecule has 148 valence electrons. The quantitative estimate of drug-likeness (QED) is 0.494. The van der Waals surface area contributed by atoms with Gasteiger partial charge in [-0.05, 0) is 40.0 Å². The Bertz CT molecular complexity index is 935. The molecule has 2 atom stereocenters. The van der Waals surface area contributed by atoms with Crippen LogP contribution in [-0.2, 0) is 15.6 Å². The van der Waals surface area contributed by atoms with Crippen molar-refractivity contribution in [1.29, 1.82) is 0 Å². The number of hydrogen-bond donors (Lipinski definition) is 1. The molecule has 0 aromatic heterocycles. The Kier molecular flexibility index (Phi) is 6.51. The molecule has 1 aliphatic heterocycles. The Morgan fingerprint density at radius 3 is 2.75 bits per heavy atom. The molecule has 0 bridgehead atoms. The van der Waals surface area contributed by atoms with E-state index in [0.29, 0.717) is 21.4 Å². The minimum absolute atomic E-state index is 0.200. The third-order valence-corrected chi connectivity index (χ3v) is 6.73. The maximum Gasteiger partial charge on any atom is 0.368 e. The predicted molar refractivity (Wildman–Crippen MR) is 110 cm³/mol. The van der Waals surface area contributed by atoms with Crippen molar-refractivity contribution < 1.29 is 23.2 Å². The molecule has 1 heterocycles. The van der Waals surface area contributed by atoms with Gasteiger partial charge in [0, 0.05) is 24.1 Å². The van der Waals surface area contributed by atoms with Gasteiger partial charge in [0.2, 0.25) is 5.83 Å². The lowest BCUT2D eigenvalue weighted by atomic mass is 10.1. The van der Waals surface area contributed by atoms with Crippen LogP contribution in [0.2, 0.25) is 0 Å². The molecule has 0 saturated heterocycles. The van der Waals surface area contributed by atoms with E-state index in [1.807, 2.05) is 30.3 Å². The van der Waals surface area contributed by atoms with Crippen molar-refractivity contribution in [3.05, 3.63) is 59.0 Å². The summed E-state index contributed by atoms with van der Waals surface area (Å²) in [6.07, 6.45) is 1.42. The molecule has 0 fully saturated rings. The van der Waals surface area contributed by atoms with Crippen molar-refractivity contribution in [2.24, 2.45) is 5.92 Å². The first kappa shape index (κ1) is 20.5. The monoisotopic (exact) mass is 467 g/mol. The highest BCUT2D eigenvalue weighted by atomic mass is 79.9. The number of fused-ring (bicyclic) bond motifs is 1. The zero-order valence-corrected chi connectivity index (χ0v) is 17.5. The number of rotatable bonds is 5. The van der Waals surface area contributed by atoms with E-state index in [0.717, 1.165) is 24.3 Å². The highest BCUT2D eigenvalue weighted by Gasteiger charge is 2.28. The Balaban J connectivity index is 2.08. The molecule has 0 saturated carbocycles. The van der Waals surface area contributed by atoms with Crippen LogP contribution in [0.15, 0.2) is 63.9 Å². The number of para-hydroxylation sites is 1. The Morgan fingerprint density at radius 2 is 2.11 bits per heavy atom. The summed E-state index contributed by atoms with van der Waals surface area (Å²) in [5.41, 5.74) is 1.76. The summed E-state index contributed by atoms with van der Waals surface area (Å²) in [5, 5.41) is 8.63. The van der Waals surface area contributed by atoms with Gasteiger partial charge in [-0.1, -0.05) is 31.5 Å². The number of halogens is 2. The van der Waals surface area contributed by atoms with Crippen LogP contribution in [0, 0.1) is 5.92 Å². The molecule has 0 aliphatic carbocycles. The van der Waals surface area contributed by atoms with Crippen molar-refractivity contribution >= 4 is 44.1 Å². The van der Waals surface area contributed by atoms with E-state index in [-0.39, 0.29) is 11.7 Å². The number of aliphatic carboxylic acids is 1. The van der Waals surface area contributed by atoms with E-state index < -0.39 is 22.6 Å². The molecule has 2 aromatic carbocycles. The molecule has 28 heavy (non-hydrogen) atoms. The highest BCUT2D eigenvalue weighted by Crippen LogP contribution is 2.41. The molecule has 0 radical (unpaired) electrons. The van der Waals surface area contributed by atoms with Gasteiger partial charge in [0.15, 0.2) is 0 Å². The maximum atomic E-state index is 13.3. The first-order valence-electron chi connectivity index (χ1n) is 8.70. The second-order valence-electron chi connectivity index (χ2n) is 6.37. The number of anilines is 2. The number of ether oxygens (including phenoxy) is 1. The first-order valence-corrected chi connectivity index (χ1v) is 10.8. The van der Waals surface area contributed by atoms with Crippen molar-refractivity contribution in [2.75, 3.05) is 17.2 Å². The number of carbonyl (C=O) groups is 1.